The summed E-state index contributed by atoms with van der Waals surface area (Å²) in [7, 11) is 0. The van der Waals surface area contributed by atoms with E-state index in [1.54, 1.807) is 17.3 Å². The zero-order valence-electron chi connectivity index (χ0n) is 13.9. The Morgan fingerprint density at radius 2 is 2.20 bits per heavy atom. The molecule has 1 saturated heterocycles. The third kappa shape index (κ3) is 4.45. The molecule has 25 heavy (non-hydrogen) atoms. The summed E-state index contributed by atoms with van der Waals surface area (Å²) >= 11 is 1.48. The predicted molar refractivity (Wildman–Crippen MR) is 91.9 cm³/mol. The zero-order valence-corrected chi connectivity index (χ0v) is 14.7. The summed E-state index contributed by atoms with van der Waals surface area (Å²) in [5.74, 6) is -0.135. The molecular weight excluding hydrogens is 343 g/mol. The van der Waals surface area contributed by atoms with Crippen molar-refractivity contribution >= 4 is 17.7 Å². The molecule has 3 rings (SSSR count). The Kier molecular flexibility index (Phi) is 5.80. The van der Waals surface area contributed by atoms with E-state index in [1.165, 1.54) is 18.1 Å². The minimum atomic E-state index is -0.511. The molecule has 3 heterocycles. The molecule has 0 spiro atoms. The second-order valence-electron chi connectivity index (χ2n) is 5.63. The Morgan fingerprint density at radius 3 is 2.96 bits per heavy atom. The highest BCUT2D eigenvalue weighted by Crippen LogP contribution is 2.22. The van der Waals surface area contributed by atoms with Gasteiger partial charge in [0.25, 0.3) is 5.88 Å². The van der Waals surface area contributed by atoms with Gasteiger partial charge in [0.05, 0.1) is 18.0 Å². The largest absolute Gasteiger partial charge is 0.470 e. The van der Waals surface area contributed by atoms with Gasteiger partial charge in [-0.05, 0) is 18.6 Å². The van der Waals surface area contributed by atoms with E-state index in [9.17, 15) is 9.18 Å². The fraction of sp³-hybridized carbons (Fsp3) is 0.412. The Bertz CT molecular complexity index is 732. The first-order valence-electron chi connectivity index (χ1n) is 8.14. The monoisotopic (exact) mass is 362 g/mol. The first-order chi connectivity index (χ1) is 12.2. The molecule has 1 amide bonds. The van der Waals surface area contributed by atoms with Crippen LogP contribution >= 0.6 is 11.8 Å². The molecule has 2 aromatic heterocycles. The van der Waals surface area contributed by atoms with E-state index in [0.717, 1.165) is 4.90 Å². The van der Waals surface area contributed by atoms with Crippen LogP contribution in [0, 0.1) is 5.82 Å². The van der Waals surface area contributed by atoms with Crippen LogP contribution in [-0.4, -0.2) is 50.7 Å². The quantitative estimate of drug-likeness (QED) is 0.735. The predicted octanol–water partition coefficient (Wildman–Crippen LogP) is 2.35. The van der Waals surface area contributed by atoms with Gasteiger partial charge in [0.1, 0.15) is 12.4 Å². The molecule has 6 nitrogen and oxygen atoms in total. The fourth-order valence-electron chi connectivity index (χ4n) is 2.60. The lowest BCUT2D eigenvalue weighted by molar-refractivity contribution is -0.127. The molecule has 0 bridgehead atoms. The number of amides is 1. The maximum absolute atomic E-state index is 14.2. The van der Waals surface area contributed by atoms with E-state index in [1.807, 2.05) is 19.1 Å². The summed E-state index contributed by atoms with van der Waals surface area (Å²) in [5, 5.41) is 0. The number of halogens is 1. The molecule has 1 aliphatic rings. The zero-order chi connectivity index (χ0) is 17.6. The number of thioether (sulfide) groups is 1. The standard InChI is InChI=1S/C17H19FN4O2S/c1-2-14-16(18)17(21-11-20-14)24-12-5-8-22(9-12)15(23)10-25-13-3-6-19-7-4-13/h3-4,6-7,11-12H,2,5,8-10H2,1H3. The van der Waals surface area contributed by atoms with E-state index < -0.39 is 5.82 Å². The first-order valence-corrected chi connectivity index (χ1v) is 9.12. The third-order valence-electron chi connectivity index (χ3n) is 3.95. The lowest BCUT2D eigenvalue weighted by Gasteiger charge is -2.17. The van der Waals surface area contributed by atoms with Crippen molar-refractivity contribution in [1.29, 1.82) is 0 Å². The second kappa shape index (κ2) is 8.24. The minimum Gasteiger partial charge on any atom is -0.470 e. The summed E-state index contributed by atoms with van der Waals surface area (Å²) < 4.78 is 19.8. The van der Waals surface area contributed by atoms with Gasteiger partial charge in [-0.2, -0.15) is 9.37 Å². The lowest BCUT2D eigenvalue weighted by atomic mass is 10.3. The maximum Gasteiger partial charge on any atom is 0.254 e. The average molecular weight is 362 g/mol. The SMILES string of the molecule is CCc1ncnc(OC2CCN(C(=O)CSc3ccncc3)C2)c1F. The van der Waals surface area contributed by atoms with E-state index in [4.69, 9.17) is 4.74 Å². The Labute approximate surface area is 149 Å². The number of nitrogens with zero attached hydrogens (tertiary/aromatic N) is 4. The average Bonchev–Trinajstić information content (AvgIpc) is 3.11. The van der Waals surface area contributed by atoms with Crippen LogP contribution in [0.15, 0.2) is 35.7 Å². The van der Waals surface area contributed by atoms with Crippen molar-refractivity contribution in [2.45, 2.75) is 30.8 Å². The number of likely N-dealkylation sites (tertiary alicyclic amines) is 1. The van der Waals surface area contributed by atoms with Gasteiger partial charge in [-0.15, -0.1) is 11.8 Å². The number of carbonyl (C=O) groups excluding carboxylic acids is 1. The Morgan fingerprint density at radius 1 is 1.40 bits per heavy atom. The van der Waals surface area contributed by atoms with Crippen LogP contribution in [0.4, 0.5) is 4.39 Å². The number of aromatic nitrogens is 3. The van der Waals surface area contributed by atoms with Crippen molar-refractivity contribution in [3.05, 3.63) is 42.4 Å². The van der Waals surface area contributed by atoms with Gasteiger partial charge in [-0.1, -0.05) is 6.92 Å². The highest BCUT2D eigenvalue weighted by atomic mass is 32.2. The molecule has 0 aliphatic carbocycles. The summed E-state index contributed by atoms with van der Waals surface area (Å²) in [6.07, 6.45) is 5.60. The molecule has 8 heteroatoms. The van der Waals surface area contributed by atoms with Gasteiger partial charge in [0.2, 0.25) is 11.7 Å². The van der Waals surface area contributed by atoms with Crippen molar-refractivity contribution in [2.24, 2.45) is 0 Å². The third-order valence-corrected chi connectivity index (χ3v) is 4.95. The molecule has 0 radical (unpaired) electrons. The van der Waals surface area contributed by atoms with E-state index in [0.29, 0.717) is 37.4 Å². The minimum absolute atomic E-state index is 0.0303. The lowest BCUT2D eigenvalue weighted by Crippen LogP contribution is -2.32. The van der Waals surface area contributed by atoms with E-state index >= 15 is 0 Å². The van der Waals surface area contributed by atoms with Gasteiger partial charge < -0.3 is 9.64 Å². The molecule has 0 aromatic carbocycles. The van der Waals surface area contributed by atoms with Gasteiger partial charge in [-0.25, -0.2) is 4.98 Å². The van der Waals surface area contributed by atoms with Crippen LogP contribution in [0.5, 0.6) is 5.88 Å². The number of ether oxygens (including phenoxy) is 1. The summed E-state index contributed by atoms with van der Waals surface area (Å²) in [6.45, 7) is 2.88. The molecule has 132 valence electrons. The van der Waals surface area contributed by atoms with Crippen LogP contribution in [0.1, 0.15) is 19.0 Å². The van der Waals surface area contributed by atoms with Gasteiger partial charge >= 0.3 is 0 Å². The number of hydrogen-bond acceptors (Lipinski definition) is 6. The van der Waals surface area contributed by atoms with Crippen molar-refractivity contribution in [1.82, 2.24) is 19.9 Å². The number of hydrogen-bond donors (Lipinski definition) is 0. The molecular formula is C17H19FN4O2S. The number of aryl methyl sites for hydroxylation is 1. The highest BCUT2D eigenvalue weighted by molar-refractivity contribution is 8.00. The van der Waals surface area contributed by atoms with E-state index in [-0.39, 0.29) is 17.9 Å². The Balaban J connectivity index is 1.52. The molecule has 2 aromatic rings. The normalized spacial score (nSPS) is 16.9. The molecule has 1 aliphatic heterocycles. The summed E-state index contributed by atoms with van der Waals surface area (Å²) in [5.41, 5.74) is 0.338. The fourth-order valence-corrected chi connectivity index (χ4v) is 3.38. The maximum atomic E-state index is 14.2. The van der Waals surface area contributed by atoms with Crippen LogP contribution in [0.3, 0.4) is 0 Å². The number of carbonyl (C=O) groups is 1. The number of rotatable bonds is 6. The van der Waals surface area contributed by atoms with Gasteiger partial charge in [0, 0.05) is 30.3 Å². The summed E-state index contributed by atoms with van der Waals surface area (Å²) in [6, 6.07) is 3.74. The molecule has 1 atom stereocenters. The van der Waals surface area contributed by atoms with Gasteiger partial charge in [-0.3, -0.25) is 9.78 Å². The molecule has 0 saturated carbocycles. The van der Waals surface area contributed by atoms with Crippen molar-refractivity contribution in [3.63, 3.8) is 0 Å². The molecule has 1 fully saturated rings. The smallest absolute Gasteiger partial charge is 0.254 e. The highest BCUT2D eigenvalue weighted by Gasteiger charge is 2.28. The van der Waals surface area contributed by atoms with Crippen molar-refractivity contribution in [3.8, 4) is 5.88 Å². The molecule has 1 unspecified atom stereocenters. The van der Waals surface area contributed by atoms with E-state index in [2.05, 4.69) is 15.0 Å². The van der Waals surface area contributed by atoms with Crippen LogP contribution in [-0.2, 0) is 11.2 Å². The van der Waals surface area contributed by atoms with Crippen molar-refractivity contribution < 1.29 is 13.9 Å². The van der Waals surface area contributed by atoms with Crippen LogP contribution in [0.25, 0.3) is 0 Å². The first kappa shape index (κ1) is 17.6. The van der Waals surface area contributed by atoms with Crippen molar-refractivity contribution in [2.75, 3.05) is 18.8 Å². The van der Waals surface area contributed by atoms with Crippen LogP contribution < -0.4 is 4.74 Å². The summed E-state index contributed by atoms with van der Waals surface area (Å²) in [4.78, 5) is 26.8. The van der Waals surface area contributed by atoms with Crippen LogP contribution in [0.2, 0.25) is 0 Å². The second-order valence-corrected chi connectivity index (χ2v) is 6.68. The molecule has 0 N–H and O–H groups in total. The van der Waals surface area contributed by atoms with Gasteiger partial charge in [0.15, 0.2) is 0 Å². The number of pyridine rings is 1. The topological polar surface area (TPSA) is 68.2 Å². The Hall–Kier alpha value is -2.22.